The Hall–Kier alpha value is -3.39. The number of hydrogen-bond donors (Lipinski definition) is 3. The topological polar surface area (TPSA) is 99.7 Å². The van der Waals surface area contributed by atoms with Gasteiger partial charge in [0.05, 0.1) is 4.90 Å². The van der Waals surface area contributed by atoms with Gasteiger partial charge >= 0.3 is 0 Å². The van der Waals surface area contributed by atoms with Crippen molar-refractivity contribution >= 4 is 38.3 Å². The van der Waals surface area contributed by atoms with Crippen molar-refractivity contribution in [2.45, 2.75) is 11.4 Å². The number of benzene rings is 3. The molecule has 3 aromatic carbocycles. The first-order chi connectivity index (χ1) is 13.5. The highest BCUT2D eigenvalue weighted by molar-refractivity contribution is 7.92. The molecule has 142 valence electrons. The van der Waals surface area contributed by atoms with E-state index in [1.807, 2.05) is 24.3 Å². The van der Waals surface area contributed by atoms with E-state index in [1.165, 1.54) is 0 Å². The first kappa shape index (κ1) is 18.0. The number of rotatable bonds is 5. The fourth-order valence-electron chi connectivity index (χ4n) is 3.02. The molecule has 0 fully saturated rings. The molecule has 0 radical (unpaired) electrons. The van der Waals surface area contributed by atoms with Crippen LogP contribution in [0.2, 0.25) is 0 Å². The second-order valence-corrected chi connectivity index (χ2v) is 8.02. The van der Waals surface area contributed by atoms with Gasteiger partial charge in [-0.2, -0.15) is 0 Å². The second kappa shape index (κ2) is 7.32. The van der Waals surface area contributed by atoms with Gasteiger partial charge in [-0.3, -0.25) is 14.8 Å². The number of nitrogens with zero attached hydrogens (tertiary/aromatic N) is 1. The van der Waals surface area contributed by atoms with Gasteiger partial charge in [-0.1, -0.05) is 42.5 Å². The van der Waals surface area contributed by atoms with E-state index in [-0.39, 0.29) is 17.3 Å². The minimum absolute atomic E-state index is 0.129. The summed E-state index contributed by atoms with van der Waals surface area (Å²) in [6, 6.07) is 19.5. The minimum Gasteiger partial charge on any atom is -0.352 e. The van der Waals surface area contributed by atoms with Gasteiger partial charge in [0.15, 0.2) is 5.96 Å². The number of hydrogen-bond acceptors (Lipinski definition) is 5. The average molecular weight is 394 g/mol. The lowest BCUT2D eigenvalue weighted by atomic mass is 10.0. The van der Waals surface area contributed by atoms with Crippen LogP contribution in [0.1, 0.15) is 5.56 Å². The summed E-state index contributed by atoms with van der Waals surface area (Å²) >= 11 is 0. The van der Waals surface area contributed by atoms with E-state index in [2.05, 4.69) is 20.3 Å². The number of aliphatic imine (C=N–C) groups is 1. The van der Waals surface area contributed by atoms with Crippen LogP contribution in [0, 0.1) is 0 Å². The second-order valence-electron chi connectivity index (χ2n) is 6.34. The number of anilines is 1. The molecule has 1 amide bonds. The fourth-order valence-corrected chi connectivity index (χ4v) is 4.09. The third-order valence-corrected chi connectivity index (χ3v) is 5.76. The predicted octanol–water partition coefficient (Wildman–Crippen LogP) is 2.22. The number of carbonyl (C=O) groups excluding carboxylic acids is 1. The molecule has 1 heterocycles. The first-order valence-corrected chi connectivity index (χ1v) is 10.2. The summed E-state index contributed by atoms with van der Waals surface area (Å²) in [7, 11) is -3.64. The van der Waals surface area contributed by atoms with Crippen molar-refractivity contribution < 1.29 is 13.2 Å². The molecule has 28 heavy (non-hydrogen) atoms. The third kappa shape index (κ3) is 3.81. The zero-order valence-corrected chi connectivity index (χ0v) is 15.7. The Morgan fingerprint density at radius 1 is 1.00 bits per heavy atom. The first-order valence-electron chi connectivity index (χ1n) is 8.69. The van der Waals surface area contributed by atoms with Crippen LogP contribution in [-0.2, 0) is 21.4 Å². The highest BCUT2D eigenvalue weighted by atomic mass is 32.2. The van der Waals surface area contributed by atoms with Crippen LogP contribution < -0.4 is 15.4 Å². The summed E-state index contributed by atoms with van der Waals surface area (Å²) < 4.78 is 27.6. The number of amides is 1. The monoisotopic (exact) mass is 394 g/mol. The van der Waals surface area contributed by atoms with Crippen molar-refractivity contribution in [1.29, 1.82) is 0 Å². The van der Waals surface area contributed by atoms with Crippen LogP contribution in [0.3, 0.4) is 0 Å². The van der Waals surface area contributed by atoms with Crippen molar-refractivity contribution in [3.63, 3.8) is 0 Å². The molecule has 8 heteroatoms. The fraction of sp³-hybridized carbons (Fsp3) is 0.100. The van der Waals surface area contributed by atoms with Crippen LogP contribution in [0.5, 0.6) is 0 Å². The molecule has 3 N–H and O–H groups in total. The molecule has 0 unspecified atom stereocenters. The van der Waals surface area contributed by atoms with Gasteiger partial charge in [0.25, 0.3) is 10.0 Å². The highest BCUT2D eigenvalue weighted by Crippen LogP contribution is 2.24. The highest BCUT2D eigenvalue weighted by Gasteiger charge is 2.15. The Bertz CT molecular complexity index is 1170. The molecule has 0 spiro atoms. The lowest BCUT2D eigenvalue weighted by Gasteiger charge is -2.12. The maximum absolute atomic E-state index is 12.5. The smallest absolute Gasteiger partial charge is 0.261 e. The Kier molecular flexibility index (Phi) is 4.70. The molecule has 1 aliphatic heterocycles. The molecular weight excluding hydrogens is 376 g/mol. The van der Waals surface area contributed by atoms with Crippen LogP contribution in [0.25, 0.3) is 10.8 Å². The van der Waals surface area contributed by atoms with E-state index in [0.29, 0.717) is 18.2 Å². The third-order valence-electron chi connectivity index (χ3n) is 4.36. The summed E-state index contributed by atoms with van der Waals surface area (Å²) in [5.74, 6) is 0.338. The summed E-state index contributed by atoms with van der Waals surface area (Å²) in [6.45, 7) is 0.633. The minimum atomic E-state index is -3.64. The number of fused-ring (bicyclic) bond motifs is 1. The lowest BCUT2D eigenvalue weighted by Crippen LogP contribution is -2.35. The number of sulfonamides is 1. The Balaban J connectivity index is 1.56. The van der Waals surface area contributed by atoms with Crippen molar-refractivity contribution in [3.8, 4) is 0 Å². The van der Waals surface area contributed by atoms with Crippen LogP contribution in [-0.4, -0.2) is 26.8 Å². The number of nitrogens with one attached hydrogen (secondary N) is 3. The van der Waals surface area contributed by atoms with E-state index in [4.69, 9.17) is 0 Å². The molecule has 0 atom stereocenters. The van der Waals surface area contributed by atoms with E-state index in [1.54, 1.807) is 42.5 Å². The molecule has 0 aliphatic carbocycles. The van der Waals surface area contributed by atoms with Crippen LogP contribution in [0.4, 0.5) is 5.69 Å². The maximum Gasteiger partial charge on any atom is 0.261 e. The molecule has 0 saturated heterocycles. The standard InChI is InChI=1S/C20H18N4O3S/c25-19-13-22-20(23-19)21-12-15-6-4-5-14-11-16(9-10-18(14)15)24-28(26,27)17-7-2-1-3-8-17/h1-11,24H,12-13H2,(H2,21,22,23,25). The maximum atomic E-state index is 12.5. The van der Waals surface area contributed by atoms with Gasteiger partial charge in [-0.05, 0) is 40.6 Å². The molecular formula is C20H18N4O3S. The van der Waals surface area contributed by atoms with Gasteiger partial charge in [0, 0.05) is 12.2 Å². The molecule has 7 nitrogen and oxygen atoms in total. The Morgan fingerprint density at radius 3 is 2.57 bits per heavy atom. The summed E-state index contributed by atoms with van der Waals surface area (Å²) in [6.07, 6.45) is 0. The molecule has 1 aliphatic rings. The van der Waals surface area contributed by atoms with Gasteiger partial charge in [-0.25, -0.2) is 13.4 Å². The normalized spacial score (nSPS) is 13.9. The van der Waals surface area contributed by atoms with E-state index >= 15 is 0 Å². The molecule has 4 rings (SSSR count). The molecule has 0 saturated carbocycles. The zero-order valence-electron chi connectivity index (χ0n) is 14.8. The Labute approximate surface area is 162 Å². The molecule has 0 bridgehead atoms. The van der Waals surface area contributed by atoms with E-state index in [9.17, 15) is 13.2 Å². The van der Waals surface area contributed by atoms with Crippen molar-refractivity contribution in [3.05, 3.63) is 72.3 Å². The SMILES string of the molecule is O=C1CN=C(NCc2cccc3cc(NS(=O)(=O)c4ccccc4)ccc23)N1. The average Bonchev–Trinajstić information content (AvgIpc) is 3.12. The molecule has 3 aromatic rings. The summed E-state index contributed by atoms with van der Waals surface area (Å²) in [5.41, 5.74) is 1.51. The predicted molar refractivity (Wildman–Crippen MR) is 108 cm³/mol. The van der Waals surface area contributed by atoms with Gasteiger partial charge in [-0.15, -0.1) is 0 Å². The lowest BCUT2D eigenvalue weighted by molar-refractivity contribution is -0.117. The van der Waals surface area contributed by atoms with Crippen LogP contribution >= 0.6 is 0 Å². The van der Waals surface area contributed by atoms with E-state index < -0.39 is 10.0 Å². The Morgan fingerprint density at radius 2 is 1.82 bits per heavy atom. The number of guanidine groups is 1. The quantitative estimate of drug-likeness (QED) is 0.618. The summed E-state index contributed by atoms with van der Waals surface area (Å²) in [4.78, 5) is 15.5. The molecule has 0 aromatic heterocycles. The van der Waals surface area contributed by atoms with Gasteiger partial charge in [0.1, 0.15) is 6.54 Å². The largest absolute Gasteiger partial charge is 0.352 e. The van der Waals surface area contributed by atoms with Crippen molar-refractivity contribution in [1.82, 2.24) is 10.6 Å². The number of carbonyl (C=O) groups is 1. The van der Waals surface area contributed by atoms with Crippen molar-refractivity contribution in [2.24, 2.45) is 4.99 Å². The zero-order chi connectivity index (χ0) is 19.6. The van der Waals surface area contributed by atoms with E-state index in [0.717, 1.165) is 16.3 Å². The van der Waals surface area contributed by atoms with Crippen LogP contribution in [0.15, 0.2) is 76.6 Å². The summed E-state index contributed by atoms with van der Waals surface area (Å²) in [5, 5.41) is 7.64. The van der Waals surface area contributed by atoms with Gasteiger partial charge < -0.3 is 5.32 Å². The van der Waals surface area contributed by atoms with Crippen molar-refractivity contribution in [2.75, 3.05) is 11.3 Å². The van der Waals surface area contributed by atoms with Gasteiger partial charge in [0.2, 0.25) is 5.91 Å².